The van der Waals surface area contributed by atoms with E-state index in [1.807, 2.05) is 22.6 Å². The molecule has 15 heavy (non-hydrogen) atoms. The fourth-order valence-corrected chi connectivity index (χ4v) is 1.59. The van der Waals surface area contributed by atoms with Gasteiger partial charge in [-0.05, 0) is 47.2 Å². The van der Waals surface area contributed by atoms with Crippen molar-refractivity contribution in [3.8, 4) is 5.75 Å². The molecule has 0 atom stereocenters. The van der Waals surface area contributed by atoms with E-state index in [0.717, 1.165) is 0 Å². The molecule has 0 fully saturated rings. The van der Waals surface area contributed by atoms with Crippen molar-refractivity contribution in [1.29, 1.82) is 0 Å². The third kappa shape index (κ3) is 4.11. The van der Waals surface area contributed by atoms with Gasteiger partial charge in [-0.1, -0.05) is 6.07 Å². The smallest absolute Gasteiger partial charge is 0.387 e. The van der Waals surface area contributed by atoms with Gasteiger partial charge in [-0.25, -0.2) is 0 Å². The van der Waals surface area contributed by atoms with E-state index in [1.54, 1.807) is 12.1 Å². The Morgan fingerprint density at radius 3 is 2.73 bits per heavy atom. The maximum Gasteiger partial charge on any atom is 0.387 e. The number of benzene rings is 1. The summed E-state index contributed by atoms with van der Waals surface area (Å²) in [7, 11) is 0. The van der Waals surface area contributed by atoms with Crippen LogP contribution in [0.1, 0.15) is 12.5 Å². The second kappa shape index (κ2) is 5.39. The zero-order chi connectivity index (χ0) is 11.4. The van der Waals surface area contributed by atoms with Crippen molar-refractivity contribution in [2.24, 2.45) is 0 Å². The predicted octanol–water partition coefficient (Wildman–Crippen LogP) is 3.02. The maximum atomic E-state index is 12.0. The molecule has 0 amide bonds. The van der Waals surface area contributed by atoms with Crippen LogP contribution in [-0.4, -0.2) is 12.4 Å². The molecule has 1 aromatic rings. The average Bonchev–Trinajstić information content (AvgIpc) is 2.09. The molecule has 0 saturated carbocycles. The average molecular weight is 326 g/mol. The van der Waals surface area contributed by atoms with Crippen molar-refractivity contribution in [2.45, 2.75) is 20.0 Å². The highest BCUT2D eigenvalue weighted by atomic mass is 127. The van der Waals surface area contributed by atoms with Gasteiger partial charge in [-0.2, -0.15) is 8.78 Å². The van der Waals surface area contributed by atoms with Crippen LogP contribution in [0.2, 0.25) is 0 Å². The molecule has 5 heteroatoms. The lowest BCUT2D eigenvalue weighted by atomic mass is 10.1. The van der Waals surface area contributed by atoms with Gasteiger partial charge in [0.25, 0.3) is 0 Å². The second-order valence-electron chi connectivity index (χ2n) is 3.02. The molecule has 0 N–H and O–H groups in total. The number of alkyl halides is 2. The van der Waals surface area contributed by atoms with Gasteiger partial charge < -0.3 is 4.74 Å². The Kier molecular flexibility index (Phi) is 4.44. The quantitative estimate of drug-likeness (QED) is 0.795. The van der Waals surface area contributed by atoms with Crippen LogP contribution in [0.25, 0.3) is 0 Å². The molecule has 0 unspecified atom stereocenters. The number of ether oxygens (including phenoxy) is 1. The first-order valence-corrected chi connectivity index (χ1v) is 5.29. The van der Waals surface area contributed by atoms with Crippen LogP contribution in [0.15, 0.2) is 18.2 Å². The topological polar surface area (TPSA) is 26.3 Å². The van der Waals surface area contributed by atoms with Crippen LogP contribution in [0.3, 0.4) is 0 Å². The molecule has 0 aliphatic rings. The monoisotopic (exact) mass is 326 g/mol. The third-order valence-corrected chi connectivity index (χ3v) is 2.56. The number of ketones is 1. The summed E-state index contributed by atoms with van der Waals surface area (Å²) in [5, 5.41) is 0. The Labute approximate surface area is 99.8 Å². The minimum absolute atomic E-state index is 0.0146. The Morgan fingerprint density at radius 1 is 1.53 bits per heavy atom. The number of hydrogen-bond acceptors (Lipinski definition) is 2. The Hall–Kier alpha value is -0.720. The molecule has 0 saturated heterocycles. The minimum Gasteiger partial charge on any atom is -0.434 e. The standard InChI is InChI=1S/C10H9F2IO2/c1-6(14)4-7-2-3-8(13)9(5-7)15-10(11)12/h2-3,5,10H,4H2,1H3. The molecule has 1 rings (SSSR count). The highest BCUT2D eigenvalue weighted by Gasteiger charge is 2.09. The largest absolute Gasteiger partial charge is 0.434 e. The van der Waals surface area contributed by atoms with Crippen LogP contribution in [0.5, 0.6) is 5.75 Å². The molecule has 1 aromatic carbocycles. The summed E-state index contributed by atoms with van der Waals surface area (Å²) in [6.07, 6.45) is 0.233. The molecule has 0 radical (unpaired) electrons. The molecular weight excluding hydrogens is 317 g/mol. The number of rotatable bonds is 4. The van der Waals surface area contributed by atoms with Gasteiger partial charge in [0.1, 0.15) is 11.5 Å². The molecule has 0 heterocycles. The Balaban J connectivity index is 2.89. The predicted molar refractivity (Wildman–Crippen MR) is 60.2 cm³/mol. The molecule has 0 bridgehead atoms. The lowest BCUT2D eigenvalue weighted by Crippen LogP contribution is -2.04. The van der Waals surface area contributed by atoms with E-state index in [2.05, 4.69) is 4.74 Å². The molecule has 0 aliphatic carbocycles. The lowest BCUT2D eigenvalue weighted by molar-refractivity contribution is -0.116. The summed E-state index contributed by atoms with van der Waals surface area (Å²) in [5.41, 5.74) is 0.679. The van der Waals surface area contributed by atoms with Crippen LogP contribution < -0.4 is 4.74 Å². The molecule has 0 aliphatic heterocycles. The highest BCUT2D eigenvalue weighted by molar-refractivity contribution is 14.1. The van der Waals surface area contributed by atoms with Crippen LogP contribution >= 0.6 is 22.6 Å². The first-order valence-electron chi connectivity index (χ1n) is 4.21. The summed E-state index contributed by atoms with van der Waals surface area (Å²) in [6.45, 7) is -1.39. The van der Waals surface area contributed by atoms with E-state index >= 15 is 0 Å². The van der Waals surface area contributed by atoms with Gasteiger partial charge >= 0.3 is 6.61 Å². The van der Waals surface area contributed by atoms with E-state index in [1.165, 1.54) is 13.0 Å². The number of carbonyl (C=O) groups is 1. The first kappa shape index (κ1) is 12.4. The number of Topliss-reactive ketones (excluding diaryl/α,β-unsaturated/α-hetero) is 1. The van der Waals surface area contributed by atoms with Crippen molar-refractivity contribution < 1.29 is 18.3 Å². The van der Waals surface area contributed by atoms with Crippen molar-refractivity contribution in [1.82, 2.24) is 0 Å². The van der Waals surface area contributed by atoms with Crippen molar-refractivity contribution >= 4 is 28.4 Å². The van der Waals surface area contributed by atoms with Gasteiger partial charge in [0, 0.05) is 6.42 Å². The van der Waals surface area contributed by atoms with Gasteiger partial charge in [0.2, 0.25) is 0 Å². The highest BCUT2D eigenvalue weighted by Crippen LogP contribution is 2.24. The van der Waals surface area contributed by atoms with Crippen LogP contribution in [-0.2, 0) is 11.2 Å². The number of hydrogen-bond donors (Lipinski definition) is 0. The molecule has 2 nitrogen and oxygen atoms in total. The van der Waals surface area contributed by atoms with Gasteiger partial charge in [-0.3, -0.25) is 4.79 Å². The van der Waals surface area contributed by atoms with Gasteiger partial charge in [0.15, 0.2) is 0 Å². The van der Waals surface area contributed by atoms with E-state index in [4.69, 9.17) is 0 Å². The second-order valence-corrected chi connectivity index (χ2v) is 4.18. The Bertz CT molecular complexity index is 366. The van der Waals surface area contributed by atoms with Crippen molar-refractivity contribution in [2.75, 3.05) is 0 Å². The van der Waals surface area contributed by atoms with E-state index in [-0.39, 0.29) is 18.0 Å². The maximum absolute atomic E-state index is 12.0. The molecule has 0 aromatic heterocycles. The zero-order valence-electron chi connectivity index (χ0n) is 7.97. The molecule has 0 spiro atoms. The van der Waals surface area contributed by atoms with Gasteiger partial charge in [0.05, 0.1) is 3.57 Å². The molecular formula is C10H9F2IO2. The zero-order valence-corrected chi connectivity index (χ0v) is 10.1. The summed E-state index contributed by atoms with van der Waals surface area (Å²) in [6, 6.07) is 4.84. The van der Waals surface area contributed by atoms with E-state index in [0.29, 0.717) is 9.13 Å². The molecule has 82 valence electrons. The SMILES string of the molecule is CC(=O)Cc1ccc(I)c(OC(F)F)c1. The minimum atomic E-state index is -2.84. The van der Waals surface area contributed by atoms with Crippen molar-refractivity contribution in [3.63, 3.8) is 0 Å². The van der Waals surface area contributed by atoms with E-state index in [9.17, 15) is 13.6 Å². The number of carbonyl (C=O) groups excluding carboxylic acids is 1. The Morgan fingerprint density at radius 2 is 2.20 bits per heavy atom. The van der Waals surface area contributed by atoms with Crippen molar-refractivity contribution in [3.05, 3.63) is 27.3 Å². The van der Waals surface area contributed by atoms with E-state index < -0.39 is 6.61 Å². The summed E-state index contributed by atoms with van der Waals surface area (Å²) < 4.78 is 28.9. The summed E-state index contributed by atoms with van der Waals surface area (Å²) in [4.78, 5) is 10.8. The number of halogens is 3. The normalized spacial score (nSPS) is 10.5. The fraction of sp³-hybridized carbons (Fsp3) is 0.300. The van der Waals surface area contributed by atoms with Crippen LogP contribution in [0.4, 0.5) is 8.78 Å². The lowest BCUT2D eigenvalue weighted by Gasteiger charge is -2.08. The van der Waals surface area contributed by atoms with Gasteiger partial charge in [-0.15, -0.1) is 0 Å². The third-order valence-electron chi connectivity index (χ3n) is 1.66. The summed E-state index contributed by atoms with van der Waals surface area (Å²) in [5.74, 6) is 0.101. The fourth-order valence-electron chi connectivity index (χ4n) is 1.13. The van der Waals surface area contributed by atoms with Crippen LogP contribution in [0, 0.1) is 3.57 Å². The summed E-state index contributed by atoms with van der Waals surface area (Å²) >= 11 is 1.90. The first-order chi connectivity index (χ1) is 6.99.